The highest BCUT2D eigenvalue weighted by Gasteiger charge is 2.25. The largest absolute Gasteiger partial charge is 0.504 e. The van der Waals surface area contributed by atoms with Crippen molar-refractivity contribution in [2.24, 2.45) is 0 Å². The molecule has 24 heavy (non-hydrogen) atoms. The van der Waals surface area contributed by atoms with Gasteiger partial charge in [-0.2, -0.15) is 0 Å². The lowest BCUT2D eigenvalue weighted by atomic mass is 10.1. The van der Waals surface area contributed by atoms with E-state index in [2.05, 4.69) is 24.0 Å². The molecule has 1 atom stereocenters. The van der Waals surface area contributed by atoms with E-state index in [-0.39, 0.29) is 0 Å². The van der Waals surface area contributed by atoms with Gasteiger partial charge >= 0.3 is 0 Å². The third-order valence-corrected chi connectivity index (χ3v) is 5.81. The maximum atomic E-state index is 10.5. The molecule has 130 valence electrons. The van der Waals surface area contributed by atoms with Crippen molar-refractivity contribution < 1.29 is 9.84 Å². The molecule has 3 nitrogen and oxygen atoms in total. The molecule has 1 aliphatic rings. The molecule has 4 heteroatoms. The van der Waals surface area contributed by atoms with E-state index in [1.54, 1.807) is 0 Å². The Labute approximate surface area is 148 Å². The second kappa shape index (κ2) is 8.04. The maximum absolute atomic E-state index is 10.5. The molecule has 0 amide bonds. The Kier molecular flexibility index (Phi) is 5.80. The number of hydrogen-bond donors (Lipinski definition) is 1. The van der Waals surface area contributed by atoms with E-state index >= 15 is 0 Å². The summed E-state index contributed by atoms with van der Waals surface area (Å²) in [5.74, 6) is 0.887. The van der Waals surface area contributed by atoms with Crippen molar-refractivity contribution in [2.45, 2.75) is 52.1 Å². The zero-order valence-electron chi connectivity index (χ0n) is 14.6. The maximum Gasteiger partial charge on any atom is 0.162 e. The minimum atomic E-state index is 0.296. The number of phenolic OH excluding ortho intramolecular Hbond substituents is 1. The van der Waals surface area contributed by atoms with E-state index in [1.807, 2.05) is 36.5 Å². The minimum Gasteiger partial charge on any atom is -0.504 e. The van der Waals surface area contributed by atoms with Gasteiger partial charge in [0.05, 0.1) is 6.61 Å². The number of hydrogen-bond acceptors (Lipinski definition) is 4. The molecule has 1 aromatic carbocycles. The quantitative estimate of drug-likeness (QED) is 0.800. The van der Waals surface area contributed by atoms with Gasteiger partial charge in [0.1, 0.15) is 0 Å². The second-order valence-electron chi connectivity index (χ2n) is 6.48. The van der Waals surface area contributed by atoms with Crippen LogP contribution in [0.15, 0.2) is 30.3 Å². The first kappa shape index (κ1) is 17.3. The third-order valence-electron chi connectivity index (χ3n) is 4.71. The van der Waals surface area contributed by atoms with Crippen molar-refractivity contribution in [1.29, 1.82) is 0 Å². The van der Waals surface area contributed by atoms with Gasteiger partial charge in [0.25, 0.3) is 0 Å². The van der Waals surface area contributed by atoms with Gasteiger partial charge in [0, 0.05) is 27.9 Å². The van der Waals surface area contributed by atoms with Gasteiger partial charge in [-0.15, -0.1) is 11.3 Å². The van der Waals surface area contributed by atoms with Crippen LogP contribution in [0.25, 0.3) is 0 Å². The van der Waals surface area contributed by atoms with Gasteiger partial charge < -0.3 is 9.84 Å². The molecule has 1 fully saturated rings. The summed E-state index contributed by atoms with van der Waals surface area (Å²) in [7, 11) is 0. The first-order chi connectivity index (χ1) is 11.7. The van der Waals surface area contributed by atoms with Crippen molar-refractivity contribution in [3.8, 4) is 11.5 Å². The van der Waals surface area contributed by atoms with E-state index in [0.29, 0.717) is 24.1 Å². The second-order valence-corrected chi connectivity index (χ2v) is 7.80. The SMILES string of the molecule is CCOc1cccc(CN2CCCCCC2c2ccc(C)s2)c1O. The molecule has 0 spiro atoms. The van der Waals surface area contributed by atoms with E-state index < -0.39 is 0 Å². The van der Waals surface area contributed by atoms with E-state index in [9.17, 15) is 5.11 Å². The van der Waals surface area contributed by atoms with Gasteiger partial charge in [0.2, 0.25) is 0 Å². The van der Waals surface area contributed by atoms with Crippen molar-refractivity contribution in [3.63, 3.8) is 0 Å². The van der Waals surface area contributed by atoms with E-state index in [1.165, 1.54) is 35.4 Å². The summed E-state index contributed by atoms with van der Waals surface area (Å²) >= 11 is 1.90. The fourth-order valence-corrected chi connectivity index (χ4v) is 4.54. The first-order valence-electron chi connectivity index (χ1n) is 8.93. The standard InChI is InChI=1S/C20H27NO2S/c1-3-23-18-10-7-8-16(20(18)22)14-21-13-6-4-5-9-17(21)19-12-11-15(2)24-19/h7-8,10-12,17,22H,3-6,9,13-14H2,1-2H3. The monoisotopic (exact) mass is 345 g/mol. The molecule has 0 bridgehead atoms. The number of aryl methyl sites for hydroxylation is 1. The van der Waals surface area contributed by atoms with E-state index in [0.717, 1.165) is 18.7 Å². The summed E-state index contributed by atoms with van der Waals surface area (Å²) in [5.41, 5.74) is 0.959. The number of nitrogens with zero attached hydrogens (tertiary/aromatic N) is 1. The first-order valence-corrected chi connectivity index (χ1v) is 9.74. The molecule has 1 saturated heterocycles. The smallest absolute Gasteiger partial charge is 0.162 e. The number of aromatic hydroxyl groups is 1. The summed E-state index contributed by atoms with van der Waals surface area (Å²) in [6, 6.07) is 10.8. The number of para-hydroxylation sites is 1. The summed E-state index contributed by atoms with van der Waals surface area (Å²) in [6.45, 7) is 6.54. The van der Waals surface area contributed by atoms with Crippen molar-refractivity contribution in [2.75, 3.05) is 13.2 Å². The van der Waals surface area contributed by atoms with Gasteiger partial charge in [-0.05, 0) is 51.4 Å². The topological polar surface area (TPSA) is 32.7 Å². The van der Waals surface area contributed by atoms with Crippen molar-refractivity contribution in [1.82, 2.24) is 4.90 Å². The average molecular weight is 346 g/mol. The zero-order valence-corrected chi connectivity index (χ0v) is 15.4. The Morgan fingerprint density at radius 3 is 2.83 bits per heavy atom. The summed E-state index contributed by atoms with van der Waals surface area (Å²) in [5, 5.41) is 10.5. The van der Waals surface area contributed by atoms with Crippen LogP contribution in [0.1, 0.15) is 54.0 Å². The molecule has 2 heterocycles. The van der Waals surface area contributed by atoms with Crippen LogP contribution >= 0.6 is 11.3 Å². The van der Waals surface area contributed by atoms with Gasteiger partial charge in [-0.1, -0.05) is 25.0 Å². The number of likely N-dealkylation sites (tertiary alicyclic amines) is 1. The highest BCUT2D eigenvalue weighted by atomic mass is 32.1. The fraction of sp³-hybridized carbons (Fsp3) is 0.500. The lowest BCUT2D eigenvalue weighted by Crippen LogP contribution is -2.27. The molecule has 1 N–H and O–H groups in total. The third kappa shape index (κ3) is 3.93. The summed E-state index contributed by atoms with van der Waals surface area (Å²) < 4.78 is 5.54. The van der Waals surface area contributed by atoms with Crippen LogP contribution in [0.3, 0.4) is 0 Å². The lowest BCUT2D eigenvalue weighted by Gasteiger charge is -2.29. The molecular weight excluding hydrogens is 318 g/mol. The normalized spacial score (nSPS) is 19.2. The highest BCUT2D eigenvalue weighted by Crippen LogP contribution is 2.37. The molecule has 2 aromatic rings. The Morgan fingerprint density at radius 1 is 1.21 bits per heavy atom. The Bertz CT molecular complexity index is 667. The number of benzene rings is 1. The number of ether oxygens (including phenoxy) is 1. The van der Waals surface area contributed by atoms with Crippen molar-refractivity contribution in [3.05, 3.63) is 45.6 Å². The van der Waals surface area contributed by atoms with Crippen molar-refractivity contribution >= 4 is 11.3 Å². The fourth-order valence-electron chi connectivity index (χ4n) is 3.50. The summed E-state index contributed by atoms with van der Waals surface area (Å²) in [6.07, 6.45) is 5.00. The zero-order chi connectivity index (χ0) is 16.9. The Balaban J connectivity index is 1.84. The van der Waals surface area contributed by atoms with Crippen LogP contribution in [-0.4, -0.2) is 23.2 Å². The minimum absolute atomic E-state index is 0.296. The van der Waals surface area contributed by atoms with Crippen LogP contribution in [0.2, 0.25) is 0 Å². The molecule has 3 rings (SSSR count). The number of phenols is 1. The molecule has 1 unspecified atom stereocenters. The average Bonchev–Trinajstić information content (AvgIpc) is 2.86. The van der Waals surface area contributed by atoms with Gasteiger partial charge in [-0.3, -0.25) is 4.90 Å². The van der Waals surface area contributed by atoms with E-state index in [4.69, 9.17) is 4.74 Å². The highest BCUT2D eigenvalue weighted by molar-refractivity contribution is 7.12. The van der Waals surface area contributed by atoms with Crippen LogP contribution in [0.4, 0.5) is 0 Å². The van der Waals surface area contributed by atoms with Crippen LogP contribution in [0, 0.1) is 6.92 Å². The lowest BCUT2D eigenvalue weighted by molar-refractivity contribution is 0.192. The van der Waals surface area contributed by atoms with Gasteiger partial charge in [-0.25, -0.2) is 0 Å². The van der Waals surface area contributed by atoms with Crippen LogP contribution in [0.5, 0.6) is 11.5 Å². The molecule has 0 saturated carbocycles. The Morgan fingerprint density at radius 2 is 2.08 bits per heavy atom. The molecular formula is C20H27NO2S. The molecule has 1 aromatic heterocycles. The predicted octanol–water partition coefficient (Wildman–Crippen LogP) is 5.28. The molecule has 1 aliphatic heterocycles. The number of rotatable bonds is 5. The Hall–Kier alpha value is -1.52. The molecule has 0 radical (unpaired) electrons. The summed E-state index contributed by atoms with van der Waals surface area (Å²) in [4.78, 5) is 5.36. The van der Waals surface area contributed by atoms with Crippen LogP contribution < -0.4 is 4.74 Å². The van der Waals surface area contributed by atoms with Crippen LogP contribution in [-0.2, 0) is 6.54 Å². The predicted molar refractivity (Wildman–Crippen MR) is 100.0 cm³/mol. The molecule has 0 aliphatic carbocycles. The number of thiophene rings is 1. The van der Waals surface area contributed by atoms with Gasteiger partial charge in [0.15, 0.2) is 11.5 Å².